The first kappa shape index (κ1) is 18.1. The number of phenols is 1. The lowest BCUT2D eigenvalue weighted by molar-refractivity contribution is 0.112. The molecule has 128 valence electrons. The number of aldehydes is 1. The predicted octanol–water partition coefficient (Wildman–Crippen LogP) is 5.61. The summed E-state index contributed by atoms with van der Waals surface area (Å²) >= 11 is 0. The molecule has 0 aliphatic carbocycles. The highest BCUT2D eigenvalue weighted by molar-refractivity contribution is 5.84. The van der Waals surface area contributed by atoms with Gasteiger partial charge in [0.1, 0.15) is 6.29 Å². The van der Waals surface area contributed by atoms with Gasteiger partial charge in [-0.1, -0.05) is 69.4 Å². The normalized spacial score (nSPS) is 10.5. The maximum absolute atomic E-state index is 11.1. The van der Waals surface area contributed by atoms with Crippen LogP contribution in [0.4, 0.5) is 0 Å². The van der Waals surface area contributed by atoms with E-state index < -0.39 is 0 Å². The van der Waals surface area contributed by atoms with Gasteiger partial charge in [-0.2, -0.15) is 0 Å². The highest BCUT2D eigenvalue weighted by atomic mass is 16.5. The summed E-state index contributed by atoms with van der Waals surface area (Å²) < 4.78 is 5.86. The molecule has 3 nitrogen and oxygen atoms in total. The monoisotopic (exact) mass is 326 g/mol. The van der Waals surface area contributed by atoms with Crippen molar-refractivity contribution in [3.05, 3.63) is 48.0 Å². The van der Waals surface area contributed by atoms with Crippen LogP contribution in [0.2, 0.25) is 0 Å². The Bertz CT molecular complexity index is 635. The predicted molar refractivity (Wildman–Crippen MR) is 97.8 cm³/mol. The smallest absolute Gasteiger partial charge is 0.168 e. The van der Waals surface area contributed by atoms with Crippen LogP contribution in [-0.2, 0) is 0 Å². The molecule has 0 radical (unpaired) electrons. The molecule has 0 saturated heterocycles. The number of phenolic OH excluding ortho intramolecular Hbond substituents is 1. The summed E-state index contributed by atoms with van der Waals surface area (Å²) in [7, 11) is 0. The van der Waals surface area contributed by atoms with Crippen LogP contribution in [0.3, 0.4) is 0 Å². The fourth-order valence-corrected chi connectivity index (χ4v) is 2.74. The Morgan fingerprint density at radius 2 is 1.71 bits per heavy atom. The minimum absolute atomic E-state index is 0.0180. The fraction of sp³-hybridized carbons (Fsp3) is 0.381. The highest BCUT2D eigenvalue weighted by Gasteiger charge is 2.13. The maximum Gasteiger partial charge on any atom is 0.168 e. The Hall–Kier alpha value is -2.29. The van der Waals surface area contributed by atoms with Gasteiger partial charge in [0.25, 0.3) is 0 Å². The Labute approximate surface area is 144 Å². The maximum atomic E-state index is 11.1. The van der Waals surface area contributed by atoms with Gasteiger partial charge in [-0.05, 0) is 24.1 Å². The first-order chi connectivity index (χ1) is 11.8. The van der Waals surface area contributed by atoms with Crippen molar-refractivity contribution in [1.82, 2.24) is 0 Å². The van der Waals surface area contributed by atoms with Crippen LogP contribution in [-0.4, -0.2) is 18.0 Å². The van der Waals surface area contributed by atoms with Crippen LogP contribution in [0.15, 0.2) is 42.5 Å². The van der Waals surface area contributed by atoms with Gasteiger partial charge in [0, 0.05) is 11.1 Å². The second kappa shape index (κ2) is 9.76. The number of rotatable bonds is 10. The minimum Gasteiger partial charge on any atom is -0.504 e. The SMILES string of the molecule is CCCCCCCCOc1c(O)cc(C=O)cc1-c1ccccc1. The van der Waals surface area contributed by atoms with E-state index in [2.05, 4.69) is 6.92 Å². The van der Waals surface area contributed by atoms with E-state index in [1.807, 2.05) is 30.3 Å². The molecule has 0 unspecified atom stereocenters. The third-order valence-corrected chi connectivity index (χ3v) is 4.06. The number of hydrogen-bond donors (Lipinski definition) is 1. The van der Waals surface area contributed by atoms with Crippen LogP contribution in [0, 0.1) is 0 Å². The second-order valence-corrected chi connectivity index (χ2v) is 6.02. The molecule has 0 saturated carbocycles. The summed E-state index contributed by atoms with van der Waals surface area (Å²) in [4.78, 5) is 11.1. The number of carbonyl (C=O) groups is 1. The zero-order chi connectivity index (χ0) is 17.2. The molecule has 0 aliphatic heterocycles. The van der Waals surface area contributed by atoms with Crippen LogP contribution >= 0.6 is 0 Å². The molecule has 1 N–H and O–H groups in total. The Balaban J connectivity index is 2.07. The quantitative estimate of drug-likeness (QED) is 0.456. The van der Waals surface area contributed by atoms with E-state index in [0.717, 1.165) is 30.3 Å². The average Bonchev–Trinajstić information content (AvgIpc) is 2.62. The lowest BCUT2D eigenvalue weighted by Crippen LogP contribution is -2.00. The van der Waals surface area contributed by atoms with E-state index in [4.69, 9.17) is 4.74 Å². The van der Waals surface area contributed by atoms with Crippen molar-refractivity contribution in [2.45, 2.75) is 45.4 Å². The van der Waals surface area contributed by atoms with E-state index >= 15 is 0 Å². The molecular weight excluding hydrogens is 300 g/mol. The number of benzene rings is 2. The summed E-state index contributed by atoms with van der Waals surface area (Å²) in [5.41, 5.74) is 2.12. The Morgan fingerprint density at radius 3 is 2.42 bits per heavy atom. The van der Waals surface area contributed by atoms with Gasteiger partial charge in [0.15, 0.2) is 11.5 Å². The summed E-state index contributed by atoms with van der Waals surface area (Å²) in [5, 5.41) is 10.3. The molecule has 0 fully saturated rings. The van der Waals surface area contributed by atoms with Gasteiger partial charge in [-0.15, -0.1) is 0 Å². The molecule has 2 aromatic carbocycles. The topological polar surface area (TPSA) is 46.5 Å². The summed E-state index contributed by atoms with van der Waals surface area (Å²) in [6, 6.07) is 12.9. The van der Waals surface area contributed by atoms with Crippen molar-refractivity contribution in [1.29, 1.82) is 0 Å². The number of unbranched alkanes of at least 4 members (excludes halogenated alkanes) is 5. The van der Waals surface area contributed by atoms with Crippen molar-refractivity contribution >= 4 is 6.29 Å². The fourth-order valence-electron chi connectivity index (χ4n) is 2.74. The van der Waals surface area contributed by atoms with E-state index in [0.29, 0.717) is 17.9 Å². The van der Waals surface area contributed by atoms with Crippen LogP contribution in [0.1, 0.15) is 55.8 Å². The van der Waals surface area contributed by atoms with Gasteiger partial charge in [-0.3, -0.25) is 4.79 Å². The second-order valence-electron chi connectivity index (χ2n) is 6.02. The van der Waals surface area contributed by atoms with Crippen molar-refractivity contribution in [3.63, 3.8) is 0 Å². The van der Waals surface area contributed by atoms with Gasteiger partial charge < -0.3 is 9.84 Å². The standard InChI is InChI=1S/C21H26O3/c1-2-3-4-5-6-10-13-24-21-19(18-11-8-7-9-12-18)14-17(16-22)15-20(21)23/h7-9,11-12,14-16,23H,2-6,10,13H2,1H3. The zero-order valence-electron chi connectivity index (χ0n) is 14.3. The lowest BCUT2D eigenvalue weighted by atomic mass is 10.0. The van der Waals surface area contributed by atoms with E-state index in [1.54, 1.807) is 6.07 Å². The van der Waals surface area contributed by atoms with Crippen molar-refractivity contribution in [2.24, 2.45) is 0 Å². The van der Waals surface area contributed by atoms with Crippen molar-refractivity contribution in [3.8, 4) is 22.6 Å². The zero-order valence-corrected chi connectivity index (χ0v) is 14.3. The molecule has 24 heavy (non-hydrogen) atoms. The molecule has 0 aromatic heterocycles. The molecule has 0 amide bonds. The number of ether oxygens (including phenoxy) is 1. The van der Waals surface area contributed by atoms with Crippen LogP contribution in [0.25, 0.3) is 11.1 Å². The number of aromatic hydroxyl groups is 1. The van der Waals surface area contributed by atoms with Crippen LogP contribution in [0.5, 0.6) is 11.5 Å². The first-order valence-corrected chi connectivity index (χ1v) is 8.76. The van der Waals surface area contributed by atoms with E-state index in [9.17, 15) is 9.90 Å². The number of hydrogen-bond acceptors (Lipinski definition) is 3. The molecular formula is C21H26O3. The van der Waals surface area contributed by atoms with Gasteiger partial charge in [-0.25, -0.2) is 0 Å². The first-order valence-electron chi connectivity index (χ1n) is 8.76. The largest absolute Gasteiger partial charge is 0.504 e. The summed E-state index contributed by atoms with van der Waals surface area (Å²) in [6.45, 7) is 2.78. The Kier molecular flexibility index (Phi) is 7.34. The third-order valence-electron chi connectivity index (χ3n) is 4.06. The molecule has 0 aliphatic rings. The molecule has 0 atom stereocenters. The molecule has 0 bridgehead atoms. The molecule has 0 heterocycles. The van der Waals surface area contributed by atoms with Gasteiger partial charge in [0.2, 0.25) is 0 Å². The molecule has 3 heteroatoms. The van der Waals surface area contributed by atoms with Gasteiger partial charge in [0.05, 0.1) is 6.61 Å². The molecule has 0 spiro atoms. The van der Waals surface area contributed by atoms with Crippen molar-refractivity contribution < 1.29 is 14.6 Å². The average molecular weight is 326 g/mol. The van der Waals surface area contributed by atoms with Crippen LogP contribution < -0.4 is 4.74 Å². The van der Waals surface area contributed by atoms with E-state index in [1.165, 1.54) is 31.7 Å². The molecule has 2 rings (SSSR count). The number of carbonyl (C=O) groups excluding carboxylic acids is 1. The Morgan fingerprint density at radius 1 is 1.00 bits per heavy atom. The highest BCUT2D eigenvalue weighted by Crippen LogP contribution is 2.38. The minimum atomic E-state index is 0.0180. The summed E-state index contributed by atoms with van der Waals surface area (Å²) in [5.74, 6) is 0.477. The van der Waals surface area contributed by atoms with E-state index in [-0.39, 0.29) is 5.75 Å². The third kappa shape index (κ3) is 5.12. The van der Waals surface area contributed by atoms with Crippen molar-refractivity contribution in [2.75, 3.05) is 6.61 Å². The molecule has 2 aromatic rings. The lowest BCUT2D eigenvalue weighted by Gasteiger charge is -2.14. The summed E-state index contributed by atoms with van der Waals surface area (Å²) in [6.07, 6.45) is 7.86. The van der Waals surface area contributed by atoms with Gasteiger partial charge >= 0.3 is 0 Å².